The highest BCUT2D eigenvalue weighted by Gasteiger charge is 2.22. The summed E-state index contributed by atoms with van der Waals surface area (Å²) in [5.74, 6) is -0.400. The summed E-state index contributed by atoms with van der Waals surface area (Å²) in [7, 11) is 0.942. The molecule has 0 radical (unpaired) electrons. The van der Waals surface area contributed by atoms with E-state index in [4.69, 9.17) is 11.6 Å². The van der Waals surface area contributed by atoms with Gasteiger partial charge in [0.1, 0.15) is 11.9 Å². The zero-order valence-electron chi connectivity index (χ0n) is 18.3. The van der Waals surface area contributed by atoms with Gasteiger partial charge in [-0.1, -0.05) is 29.8 Å². The molecule has 0 bridgehead atoms. The molecule has 2 N–H and O–H groups in total. The molecule has 1 heterocycles. The number of hydrogen-bond donors (Lipinski definition) is 2. The third kappa shape index (κ3) is 5.78. The van der Waals surface area contributed by atoms with Crippen LogP contribution >= 0.6 is 11.6 Å². The van der Waals surface area contributed by atoms with Crippen LogP contribution in [0.1, 0.15) is 27.8 Å². The molecule has 9 nitrogen and oxygen atoms in total. The molecule has 0 spiro atoms. The summed E-state index contributed by atoms with van der Waals surface area (Å²) < 4.78 is 27.5. The molecule has 0 saturated carbocycles. The van der Waals surface area contributed by atoms with Crippen molar-refractivity contribution in [2.45, 2.75) is 10.9 Å². The number of nitrogens with zero attached hydrogens (tertiary/aromatic N) is 3. The van der Waals surface area contributed by atoms with Crippen LogP contribution in [0.3, 0.4) is 0 Å². The maximum absolute atomic E-state index is 12.7. The van der Waals surface area contributed by atoms with E-state index in [1.165, 1.54) is 38.4 Å². The number of benzene rings is 2. The summed E-state index contributed by atoms with van der Waals surface area (Å²) in [6.07, 6.45) is 3.39. The van der Waals surface area contributed by atoms with Crippen LogP contribution < -0.4 is 10.6 Å². The van der Waals surface area contributed by atoms with Gasteiger partial charge in [0.25, 0.3) is 5.91 Å². The average molecular weight is 490 g/mol. The molecule has 1 atom stereocenters. The summed E-state index contributed by atoms with van der Waals surface area (Å²) in [5.41, 5.74) is 0.902. The molecule has 2 amide bonds. The lowest BCUT2D eigenvalue weighted by molar-refractivity contribution is -0.120. The summed E-state index contributed by atoms with van der Waals surface area (Å²) in [6.45, 7) is -0.308. The summed E-state index contributed by atoms with van der Waals surface area (Å²) >= 11 is 5.98. The fourth-order valence-corrected chi connectivity index (χ4v) is 4.16. The van der Waals surface area contributed by atoms with Crippen LogP contribution in [0.4, 0.5) is 0 Å². The van der Waals surface area contributed by atoms with Gasteiger partial charge in [0.2, 0.25) is 15.9 Å². The Hall–Kier alpha value is -3.21. The Kier molecular flexibility index (Phi) is 7.52. The molecule has 3 rings (SSSR count). The smallest absolute Gasteiger partial charge is 0.251 e. The zero-order chi connectivity index (χ0) is 24.2. The van der Waals surface area contributed by atoms with Crippen LogP contribution in [0.25, 0.3) is 0 Å². The fourth-order valence-electron chi connectivity index (χ4n) is 3.09. The molecule has 0 aliphatic heterocycles. The van der Waals surface area contributed by atoms with Crippen LogP contribution in [0, 0.1) is 0 Å². The Bertz CT molecular complexity index is 1260. The highest BCUT2D eigenvalue weighted by molar-refractivity contribution is 7.89. The maximum atomic E-state index is 12.7. The van der Waals surface area contributed by atoms with Crippen molar-refractivity contribution in [3.8, 4) is 0 Å². The van der Waals surface area contributed by atoms with Crippen molar-refractivity contribution in [2.75, 3.05) is 20.6 Å². The van der Waals surface area contributed by atoms with Crippen molar-refractivity contribution in [3.05, 3.63) is 82.9 Å². The standard InChI is InChI=1S/C22H24ClN5O4S/c1-27(2)33(31,32)18-6-4-5-16(13-18)22(30)25-14-19(29)26-20(21-24-11-12-28(21)3)15-7-9-17(23)10-8-15/h4-13,20H,14H2,1-3H3,(H,25,30)(H,26,29)/t20-/m1/s1. The number of carbonyl (C=O) groups is 2. The summed E-state index contributed by atoms with van der Waals surface area (Å²) in [5, 5.41) is 5.96. The van der Waals surface area contributed by atoms with E-state index >= 15 is 0 Å². The number of carbonyl (C=O) groups excluding carboxylic acids is 2. The minimum atomic E-state index is -3.69. The number of rotatable bonds is 8. The van der Waals surface area contributed by atoms with Crippen LogP contribution in [-0.2, 0) is 21.9 Å². The Morgan fingerprint density at radius 3 is 2.45 bits per heavy atom. The predicted octanol–water partition coefficient (Wildman–Crippen LogP) is 1.96. The normalized spacial score (nSPS) is 12.4. The molecule has 1 aromatic heterocycles. The number of sulfonamides is 1. The average Bonchev–Trinajstić information content (AvgIpc) is 3.22. The lowest BCUT2D eigenvalue weighted by atomic mass is 10.1. The van der Waals surface area contributed by atoms with Gasteiger partial charge in [-0.05, 0) is 35.9 Å². The van der Waals surface area contributed by atoms with Crippen molar-refractivity contribution < 1.29 is 18.0 Å². The van der Waals surface area contributed by atoms with Crippen molar-refractivity contribution in [1.29, 1.82) is 0 Å². The minimum Gasteiger partial charge on any atom is -0.343 e. The highest BCUT2D eigenvalue weighted by atomic mass is 35.5. The Labute approximate surface area is 197 Å². The van der Waals surface area contributed by atoms with E-state index in [1.807, 2.05) is 7.05 Å². The first-order valence-corrected chi connectivity index (χ1v) is 11.7. The third-order valence-corrected chi connectivity index (χ3v) is 6.97. The van der Waals surface area contributed by atoms with E-state index in [0.717, 1.165) is 9.87 Å². The Balaban J connectivity index is 1.71. The molecule has 11 heteroatoms. The molecule has 0 fully saturated rings. The van der Waals surface area contributed by atoms with Crippen LogP contribution in [-0.4, -0.2) is 54.7 Å². The number of nitrogens with one attached hydrogen (secondary N) is 2. The summed E-state index contributed by atoms with van der Waals surface area (Å²) in [4.78, 5) is 29.5. The molecule has 174 valence electrons. The monoisotopic (exact) mass is 489 g/mol. The summed E-state index contributed by atoms with van der Waals surface area (Å²) in [6, 6.07) is 12.1. The molecule has 3 aromatic rings. The van der Waals surface area contributed by atoms with Gasteiger partial charge in [-0.25, -0.2) is 17.7 Å². The van der Waals surface area contributed by atoms with E-state index in [9.17, 15) is 18.0 Å². The molecule has 33 heavy (non-hydrogen) atoms. The van der Waals surface area contributed by atoms with Gasteiger partial charge in [0.05, 0.1) is 11.4 Å². The molecule has 0 saturated heterocycles. The number of aryl methyl sites for hydroxylation is 1. The number of halogens is 1. The first kappa shape index (κ1) is 24.4. The van der Waals surface area contributed by atoms with Gasteiger partial charge in [-0.15, -0.1) is 0 Å². The largest absolute Gasteiger partial charge is 0.343 e. The van der Waals surface area contributed by atoms with Gasteiger partial charge in [-0.2, -0.15) is 0 Å². The third-order valence-electron chi connectivity index (χ3n) is 4.91. The van der Waals surface area contributed by atoms with Gasteiger partial charge < -0.3 is 15.2 Å². The maximum Gasteiger partial charge on any atom is 0.251 e. The van der Waals surface area contributed by atoms with Gasteiger partial charge in [0.15, 0.2) is 0 Å². The molecule has 0 unspecified atom stereocenters. The van der Waals surface area contributed by atoms with Crippen LogP contribution in [0.2, 0.25) is 5.02 Å². The van der Waals surface area contributed by atoms with Crippen molar-refractivity contribution in [2.24, 2.45) is 7.05 Å². The van der Waals surface area contributed by atoms with E-state index in [1.54, 1.807) is 41.2 Å². The molecule has 0 aliphatic carbocycles. The first-order chi connectivity index (χ1) is 15.6. The van der Waals surface area contributed by atoms with Crippen LogP contribution in [0.5, 0.6) is 0 Å². The SMILES string of the molecule is CN(C)S(=O)(=O)c1cccc(C(=O)NCC(=O)N[C@H](c2ccc(Cl)cc2)c2nccn2C)c1. The molecule has 0 aliphatic rings. The number of hydrogen-bond acceptors (Lipinski definition) is 5. The van der Waals surface area contributed by atoms with E-state index in [-0.39, 0.29) is 17.0 Å². The molecular formula is C22H24ClN5O4S. The van der Waals surface area contributed by atoms with E-state index in [2.05, 4.69) is 15.6 Å². The van der Waals surface area contributed by atoms with Crippen molar-refractivity contribution >= 4 is 33.4 Å². The second-order valence-electron chi connectivity index (χ2n) is 7.45. The Morgan fingerprint density at radius 2 is 1.85 bits per heavy atom. The number of amides is 2. The van der Waals surface area contributed by atoms with Crippen molar-refractivity contribution in [3.63, 3.8) is 0 Å². The quantitative estimate of drug-likeness (QED) is 0.502. The second-order valence-corrected chi connectivity index (χ2v) is 10.0. The van der Waals surface area contributed by atoms with Gasteiger partial charge in [0, 0.05) is 44.1 Å². The molecular weight excluding hydrogens is 466 g/mol. The molecule has 2 aromatic carbocycles. The van der Waals surface area contributed by atoms with Crippen molar-refractivity contribution in [1.82, 2.24) is 24.5 Å². The predicted molar refractivity (Wildman–Crippen MR) is 124 cm³/mol. The first-order valence-electron chi connectivity index (χ1n) is 9.92. The second kappa shape index (κ2) is 10.2. The minimum absolute atomic E-state index is 0.0119. The Morgan fingerprint density at radius 1 is 1.15 bits per heavy atom. The van der Waals surface area contributed by atoms with Gasteiger partial charge >= 0.3 is 0 Å². The van der Waals surface area contributed by atoms with Crippen LogP contribution in [0.15, 0.2) is 65.8 Å². The zero-order valence-corrected chi connectivity index (χ0v) is 19.9. The number of aromatic nitrogens is 2. The van der Waals surface area contributed by atoms with Gasteiger partial charge in [-0.3, -0.25) is 9.59 Å². The lowest BCUT2D eigenvalue weighted by Crippen LogP contribution is -2.39. The lowest BCUT2D eigenvalue weighted by Gasteiger charge is -2.19. The topological polar surface area (TPSA) is 113 Å². The fraction of sp³-hybridized carbons (Fsp3) is 0.227. The highest BCUT2D eigenvalue weighted by Crippen LogP contribution is 2.22. The van der Waals surface area contributed by atoms with E-state index in [0.29, 0.717) is 10.8 Å². The number of imidazole rings is 1. The van der Waals surface area contributed by atoms with E-state index < -0.39 is 27.9 Å².